The number of nitrogens with zero attached hydrogens (tertiary/aromatic N) is 4. The number of rotatable bonds is 7. The van der Waals surface area contributed by atoms with Crippen LogP contribution in [0.5, 0.6) is 0 Å². The highest BCUT2D eigenvalue weighted by Crippen LogP contribution is 2.21. The standard InChI is InChI=1S/C18H19ClN6OS/c1-12(13-5-3-2-4-6-13)9-16-23-24-18(25(16)20)27-11-17(26)22-15-8-7-14(19)10-21-15/h2-8,10,12H,9,11,20H2,1H3,(H,21,22,26)/t12-/m0/s1. The number of hydrogen-bond donors (Lipinski definition) is 2. The molecule has 0 fully saturated rings. The third kappa shape index (κ3) is 5.21. The van der Waals surface area contributed by atoms with E-state index in [-0.39, 0.29) is 17.6 Å². The summed E-state index contributed by atoms with van der Waals surface area (Å²) in [6.45, 7) is 2.11. The summed E-state index contributed by atoms with van der Waals surface area (Å²) in [7, 11) is 0. The van der Waals surface area contributed by atoms with E-state index in [9.17, 15) is 4.79 Å². The van der Waals surface area contributed by atoms with E-state index in [4.69, 9.17) is 17.4 Å². The number of nitrogens with two attached hydrogens (primary N) is 1. The van der Waals surface area contributed by atoms with Crippen LogP contribution in [0.15, 0.2) is 53.8 Å². The molecule has 0 aliphatic heterocycles. The van der Waals surface area contributed by atoms with Crippen molar-refractivity contribution in [2.24, 2.45) is 0 Å². The van der Waals surface area contributed by atoms with E-state index in [0.717, 1.165) is 0 Å². The molecule has 0 bridgehead atoms. The summed E-state index contributed by atoms with van der Waals surface area (Å²) in [6, 6.07) is 13.5. The minimum absolute atomic E-state index is 0.147. The summed E-state index contributed by atoms with van der Waals surface area (Å²) in [5, 5.41) is 11.9. The predicted molar refractivity (Wildman–Crippen MR) is 107 cm³/mol. The van der Waals surface area contributed by atoms with E-state index >= 15 is 0 Å². The first-order valence-corrected chi connectivity index (χ1v) is 9.68. The Morgan fingerprint density at radius 2 is 2.04 bits per heavy atom. The zero-order valence-corrected chi connectivity index (χ0v) is 16.2. The third-order valence-corrected chi connectivity index (χ3v) is 5.09. The maximum atomic E-state index is 12.0. The molecule has 0 aliphatic carbocycles. The molecule has 9 heteroatoms. The van der Waals surface area contributed by atoms with Crippen molar-refractivity contribution in [1.82, 2.24) is 19.9 Å². The highest BCUT2D eigenvalue weighted by Gasteiger charge is 2.16. The second-order valence-electron chi connectivity index (χ2n) is 5.98. The van der Waals surface area contributed by atoms with Gasteiger partial charge in [-0.15, -0.1) is 10.2 Å². The summed E-state index contributed by atoms with van der Waals surface area (Å²) in [6.07, 6.45) is 2.13. The van der Waals surface area contributed by atoms with Crippen molar-refractivity contribution in [3.05, 3.63) is 65.1 Å². The molecule has 3 aromatic rings. The number of benzene rings is 1. The Hall–Kier alpha value is -2.58. The van der Waals surface area contributed by atoms with Crippen LogP contribution in [0.3, 0.4) is 0 Å². The summed E-state index contributed by atoms with van der Waals surface area (Å²) >= 11 is 6.99. The minimum Gasteiger partial charge on any atom is -0.336 e. The Morgan fingerprint density at radius 1 is 1.26 bits per heavy atom. The Morgan fingerprint density at radius 3 is 2.74 bits per heavy atom. The summed E-state index contributed by atoms with van der Waals surface area (Å²) < 4.78 is 1.44. The molecule has 0 spiro atoms. The van der Waals surface area contributed by atoms with E-state index < -0.39 is 0 Å². The number of nitrogen functional groups attached to an aromatic ring is 1. The van der Waals surface area contributed by atoms with E-state index in [1.807, 2.05) is 18.2 Å². The summed E-state index contributed by atoms with van der Waals surface area (Å²) in [5.74, 6) is 7.41. The quantitative estimate of drug-likeness (QED) is 0.465. The molecule has 1 atom stereocenters. The Kier molecular flexibility index (Phi) is 6.31. The molecular formula is C18H19ClN6OS. The lowest BCUT2D eigenvalue weighted by atomic mass is 9.98. The van der Waals surface area contributed by atoms with Crippen molar-refractivity contribution >= 4 is 35.1 Å². The van der Waals surface area contributed by atoms with Crippen molar-refractivity contribution in [3.63, 3.8) is 0 Å². The van der Waals surface area contributed by atoms with E-state index in [1.165, 1.54) is 28.2 Å². The molecule has 0 radical (unpaired) electrons. The van der Waals surface area contributed by atoms with Crippen LogP contribution in [0.1, 0.15) is 24.2 Å². The van der Waals surface area contributed by atoms with Crippen molar-refractivity contribution in [1.29, 1.82) is 0 Å². The number of anilines is 1. The number of nitrogens with one attached hydrogen (secondary N) is 1. The van der Waals surface area contributed by atoms with E-state index in [1.54, 1.807) is 12.1 Å². The fourth-order valence-corrected chi connectivity index (χ4v) is 3.26. The molecule has 0 saturated heterocycles. The SMILES string of the molecule is C[C@@H](Cc1nnc(SCC(=O)Nc2ccc(Cl)cn2)n1N)c1ccccc1. The maximum absolute atomic E-state index is 12.0. The van der Waals surface area contributed by atoms with Crippen molar-refractivity contribution in [3.8, 4) is 0 Å². The summed E-state index contributed by atoms with van der Waals surface area (Å²) in [4.78, 5) is 16.1. The summed E-state index contributed by atoms with van der Waals surface area (Å²) in [5.41, 5.74) is 1.21. The predicted octanol–water partition coefficient (Wildman–Crippen LogP) is 3.12. The Bertz CT molecular complexity index is 900. The maximum Gasteiger partial charge on any atom is 0.236 e. The number of carbonyl (C=O) groups excluding carboxylic acids is 1. The van der Waals surface area contributed by atoms with Crippen LogP contribution in [0.4, 0.5) is 5.82 Å². The highest BCUT2D eigenvalue weighted by molar-refractivity contribution is 7.99. The number of pyridine rings is 1. The fourth-order valence-electron chi connectivity index (χ4n) is 2.48. The first-order valence-electron chi connectivity index (χ1n) is 8.31. The highest BCUT2D eigenvalue weighted by atomic mass is 35.5. The molecule has 3 rings (SSSR count). The van der Waals surface area contributed by atoms with Crippen LogP contribution in [-0.2, 0) is 11.2 Å². The van der Waals surface area contributed by atoms with Crippen LogP contribution in [0.25, 0.3) is 0 Å². The molecule has 2 aromatic heterocycles. The lowest BCUT2D eigenvalue weighted by molar-refractivity contribution is -0.113. The Labute approximate surface area is 166 Å². The average molecular weight is 403 g/mol. The molecule has 1 amide bonds. The number of hydrogen-bond acceptors (Lipinski definition) is 6. The molecule has 1 aromatic carbocycles. The van der Waals surface area contributed by atoms with Gasteiger partial charge in [-0.2, -0.15) is 0 Å². The van der Waals surface area contributed by atoms with Crippen molar-refractivity contribution in [2.75, 3.05) is 16.9 Å². The zero-order chi connectivity index (χ0) is 19.2. The number of amides is 1. The van der Waals surface area contributed by atoms with Gasteiger partial charge in [-0.1, -0.05) is 60.6 Å². The lowest BCUT2D eigenvalue weighted by Crippen LogP contribution is -2.18. The van der Waals surface area contributed by atoms with Crippen LogP contribution in [0, 0.1) is 0 Å². The second kappa shape index (κ2) is 8.88. The van der Waals surface area contributed by atoms with Gasteiger partial charge in [0.1, 0.15) is 5.82 Å². The van der Waals surface area contributed by atoms with Gasteiger partial charge in [0.2, 0.25) is 11.1 Å². The molecule has 0 unspecified atom stereocenters. The van der Waals surface area contributed by atoms with Crippen LogP contribution in [0.2, 0.25) is 5.02 Å². The van der Waals surface area contributed by atoms with Gasteiger partial charge in [0.05, 0.1) is 10.8 Å². The topological polar surface area (TPSA) is 98.7 Å². The van der Waals surface area contributed by atoms with Gasteiger partial charge >= 0.3 is 0 Å². The number of carbonyl (C=O) groups is 1. The molecule has 0 saturated carbocycles. The van der Waals surface area contributed by atoms with E-state index in [2.05, 4.69) is 39.6 Å². The fraction of sp³-hybridized carbons (Fsp3) is 0.222. The molecule has 3 N–H and O–H groups in total. The van der Waals surface area contributed by atoms with Gasteiger partial charge in [0.15, 0.2) is 5.82 Å². The molecule has 2 heterocycles. The third-order valence-electron chi connectivity index (χ3n) is 3.92. The normalized spacial score (nSPS) is 11.9. The molecule has 140 valence electrons. The number of halogens is 1. The van der Waals surface area contributed by atoms with Gasteiger partial charge in [-0.25, -0.2) is 9.66 Å². The van der Waals surface area contributed by atoms with E-state index in [0.29, 0.717) is 28.2 Å². The minimum atomic E-state index is -0.211. The smallest absolute Gasteiger partial charge is 0.236 e. The molecule has 27 heavy (non-hydrogen) atoms. The van der Waals surface area contributed by atoms with Gasteiger partial charge in [0, 0.05) is 12.6 Å². The zero-order valence-electron chi connectivity index (χ0n) is 14.7. The monoisotopic (exact) mass is 402 g/mol. The average Bonchev–Trinajstić information content (AvgIpc) is 3.02. The van der Waals surface area contributed by atoms with Gasteiger partial charge < -0.3 is 11.2 Å². The van der Waals surface area contributed by atoms with Crippen molar-refractivity contribution < 1.29 is 4.79 Å². The first kappa shape index (κ1) is 19.2. The Balaban J connectivity index is 1.55. The van der Waals surface area contributed by atoms with Crippen LogP contribution >= 0.6 is 23.4 Å². The number of aromatic nitrogens is 4. The number of thioether (sulfide) groups is 1. The molecule has 0 aliphatic rings. The lowest BCUT2D eigenvalue weighted by Gasteiger charge is -2.11. The van der Waals surface area contributed by atoms with Gasteiger partial charge in [-0.05, 0) is 23.6 Å². The van der Waals surface area contributed by atoms with Crippen LogP contribution in [-0.4, -0.2) is 31.5 Å². The molecule has 7 nitrogen and oxygen atoms in total. The molecular weight excluding hydrogens is 384 g/mol. The van der Waals surface area contributed by atoms with Crippen LogP contribution < -0.4 is 11.2 Å². The van der Waals surface area contributed by atoms with Gasteiger partial charge in [0.25, 0.3) is 0 Å². The second-order valence-corrected chi connectivity index (χ2v) is 7.36. The first-order chi connectivity index (χ1) is 13.0. The largest absolute Gasteiger partial charge is 0.336 e. The van der Waals surface area contributed by atoms with Crippen molar-refractivity contribution in [2.45, 2.75) is 24.4 Å². The van der Waals surface area contributed by atoms with Gasteiger partial charge in [-0.3, -0.25) is 4.79 Å².